The first-order chi connectivity index (χ1) is 9.31. The molecule has 0 spiro atoms. The van der Waals surface area contributed by atoms with Crippen molar-refractivity contribution in [1.29, 1.82) is 0 Å². The number of methoxy groups -OCH3 is 2. The molecule has 1 aliphatic carbocycles. The molecule has 0 saturated heterocycles. The number of hydrogen-bond donors (Lipinski definition) is 1. The average molecular weight is 266 g/mol. The van der Waals surface area contributed by atoms with Crippen molar-refractivity contribution in [2.75, 3.05) is 26.1 Å². The molecule has 1 fully saturated rings. The predicted molar refractivity (Wildman–Crippen MR) is 72.6 cm³/mol. The summed E-state index contributed by atoms with van der Waals surface area (Å²) in [5.41, 5.74) is 0. The summed E-state index contributed by atoms with van der Waals surface area (Å²) in [7, 11) is 3.05. The fourth-order valence-electron chi connectivity index (χ4n) is 2.49. The quantitative estimate of drug-likeness (QED) is 0.763. The lowest BCUT2D eigenvalue weighted by Crippen LogP contribution is -2.09. The van der Waals surface area contributed by atoms with Crippen LogP contribution in [-0.4, -0.2) is 35.7 Å². The van der Waals surface area contributed by atoms with E-state index < -0.39 is 0 Å². The van der Waals surface area contributed by atoms with Crippen molar-refractivity contribution >= 4 is 5.95 Å². The van der Waals surface area contributed by atoms with Gasteiger partial charge in [-0.3, -0.25) is 0 Å². The normalized spacial score (nSPS) is 15.5. The molecule has 6 nitrogen and oxygen atoms in total. The van der Waals surface area contributed by atoms with E-state index in [1.165, 1.54) is 46.3 Å². The lowest BCUT2D eigenvalue weighted by molar-refractivity contribution is 0.341. The second-order valence-electron chi connectivity index (χ2n) is 4.85. The van der Waals surface area contributed by atoms with Crippen LogP contribution in [0.4, 0.5) is 5.95 Å². The minimum Gasteiger partial charge on any atom is -0.467 e. The zero-order chi connectivity index (χ0) is 13.5. The number of hydrogen-bond acceptors (Lipinski definition) is 6. The number of ether oxygens (including phenoxy) is 2. The molecular formula is C13H22N4O2. The van der Waals surface area contributed by atoms with Gasteiger partial charge in [-0.05, 0) is 18.8 Å². The first kappa shape index (κ1) is 13.8. The first-order valence-electron chi connectivity index (χ1n) is 6.89. The van der Waals surface area contributed by atoms with Gasteiger partial charge in [-0.15, -0.1) is 4.98 Å². The summed E-state index contributed by atoms with van der Waals surface area (Å²) >= 11 is 0. The van der Waals surface area contributed by atoms with Crippen LogP contribution >= 0.6 is 0 Å². The molecule has 0 amide bonds. The van der Waals surface area contributed by atoms with Gasteiger partial charge in [0.05, 0.1) is 14.2 Å². The van der Waals surface area contributed by atoms with Crippen LogP contribution in [0.25, 0.3) is 0 Å². The first-order valence-corrected chi connectivity index (χ1v) is 6.89. The molecule has 0 atom stereocenters. The van der Waals surface area contributed by atoms with Crippen LogP contribution in [0.15, 0.2) is 0 Å². The van der Waals surface area contributed by atoms with Gasteiger partial charge >= 0.3 is 12.0 Å². The van der Waals surface area contributed by atoms with Crippen LogP contribution in [0, 0.1) is 5.92 Å². The Bertz CT molecular complexity index is 372. The van der Waals surface area contributed by atoms with Crippen molar-refractivity contribution in [1.82, 2.24) is 15.0 Å². The van der Waals surface area contributed by atoms with E-state index in [9.17, 15) is 0 Å². The molecule has 0 aromatic carbocycles. The summed E-state index contributed by atoms with van der Waals surface area (Å²) < 4.78 is 10.0. The Balaban J connectivity index is 1.77. The Kier molecular flexibility index (Phi) is 5.18. The molecule has 0 unspecified atom stereocenters. The van der Waals surface area contributed by atoms with E-state index in [0.717, 1.165) is 18.9 Å². The number of nitrogens with one attached hydrogen (secondary N) is 1. The molecule has 1 N–H and O–H groups in total. The Labute approximate surface area is 114 Å². The van der Waals surface area contributed by atoms with E-state index in [-0.39, 0.29) is 12.0 Å². The largest absolute Gasteiger partial charge is 0.467 e. The van der Waals surface area contributed by atoms with E-state index in [2.05, 4.69) is 20.3 Å². The molecule has 2 rings (SSSR count). The van der Waals surface area contributed by atoms with Crippen molar-refractivity contribution in [2.45, 2.75) is 38.5 Å². The van der Waals surface area contributed by atoms with Crippen LogP contribution in [0.2, 0.25) is 0 Å². The third-order valence-corrected chi connectivity index (χ3v) is 3.51. The third-order valence-electron chi connectivity index (χ3n) is 3.51. The van der Waals surface area contributed by atoms with Crippen molar-refractivity contribution in [3.8, 4) is 12.0 Å². The summed E-state index contributed by atoms with van der Waals surface area (Å²) in [5.74, 6) is 1.43. The van der Waals surface area contributed by atoms with Gasteiger partial charge in [0, 0.05) is 6.54 Å². The second-order valence-corrected chi connectivity index (χ2v) is 4.85. The van der Waals surface area contributed by atoms with Gasteiger partial charge in [0.1, 0.15) is 0 Å². The van der Waals surface area contributed by atoms with Gasteiger partial charge in [-0.25, -0.2) is 0 Å². The lowest BCUT2D eigenvalue weighted by atomic mass is 10.0. The highest BCUT2D eigenvalue weighted by Crippen LogP contribution is 2.28. The monoisotopic (exact) mass is 266 g/mol. The zero-order valence-electron chi connectivity index (χ0n) is 11.7. The van der Waals surface area contributed by atoms with Gasteiger partial charge in [0.2, 0.25) is 5.95 Å². The number of nitrogens with zero attached hydrogens (tertiary/aromatic N) is 3. The maximum atomic E-state index is 5.00. The number of rotatable bonds is 7. The fraction of sp³-hybridized carbons (Fsp3) is 0.769. The van der Waals surface area contributed by atoms with Crippen LogP contribution in [0.1, 0.15) is 38.5 Å². The SMILES string of the molecule is COc1nc(NCCCC2CCCC2)nc(OC)n1. The summed E-state index contributed by atoms with van der Waals surface area (Å²) in [4.78, 5) is 12.2. The zero-order valence-corrected chi connectivity index (χ0v) is 11.7. The van der Waals surface area contributed by atoms with E-state index in [4.69, 9.17) is 9.47 Å². The highest BCUT2D eigenvalue weighted by molar-refractivity contribution is 5.27. The molecule has 1 heterocycles. The van der Waals surface area contributed by atoms with E-state index in [1.807, 2.05) is 0 Å². The molecule has 1 aliphatic rings. The Hall–Kier alpha value is -1.59. The number of aromatic nitrogens is 3. The molecule has 6 heteroatoms. The van der Waals surface area contributed by atoms with E-state index >= 15 is 0 Å². The van der Waals surface area contributed by atoms with Crippen molar-refractivity contribution in [3.63, 3.8) is 0 Å². The van der Waals surface area contributed by atoms with Gasteiger partial charge in [-0.1, -0.05) is 25.7 Å². The second kappa shape index (κ2) is 7.11. The van der Waals surface area contributed by atoms with Crippen molar-refractivity contribution < 1.29 is 9.47 Å². The highest BCUT2D eigenvalue weighted by atomic mass is 16.5. The van der Waals surface area contributed by atoms with Crippen molar-refractivity contribution in [3.05, 3.63) is 0 Å². The van der Waals surface area contributed by atoms with Crippen LogP contribution in [-0.2, 0) is 0 Å². The molecular weight excluding hydrogens is 244 g/mol. The summed E-state index contributed by atoms with van der Waals surface area (Å²) in [5, 5.41) is 3.20. The number of anilines is 1. The topological polar surface area (TPSA) is 69.2 Å². The Morgan fingerprint density at radius 3 is 2.26 bits per heavy atom. The Morgan fingerprint density at radius 2 is 1.68 bits per heavy atom. The third kappa shape index (κ3) is 4.22. The molecule has 106 valence electrons. The lowest BCUT2D eigenvalue weighted by Gasteiger charge is -2.10. The molecule has 1 aromatic rings. The van der Waals surface area contributed by atoms with Crippen LogP contribution < -0.4 is 14.8 Å². The predicted octanol–water partition coefficient (Wildman–Crippen LogP) is 2.27. The molecule has 1 saturated carbocycles. The minimum atomic E-state index is 0.269. The smallest absolute Gasteiger partial charge is 0.324 e. The highest BCUT2D eigenvalue weighted by Gasteiger charge is 2.14. The molecule has 0 radical (unpaired) electrons. The maximum absolute atomic E-state index is 5.00. The molecule has 19 heavy (non-hydrogen) atoms. The van der Waals surface area contributed by atoms with Crippen LogP contribution in [0.3, 0.4) is 0 Å². The summed E-state index contributed by atoms with van der Waals surface area (Å²) in [6.45, 7) is 0.868. The van der Waals surface area contributed by atoms with Gasteiger partial charge in [-0.2, -0.15) is 9.97 Å². The molecule has 0 bridgehead atoms. The van der Waals surface area contributed by atoms with E-state index in [1.54, 1.807) is 0 Å². The van der Waals surface area contributed by atoms with Gasteiger partial charge in [0.15, 0.2) is 0 Å². The molecule has 1 aromatic heterocycles. The molecule has 0 aliphatic heterocycles. The van der Waals surface area contributed by atoms with E-state index in [0.29, 0.717) is 5.95 Å². The van der Waals surface area contributed by atoms with Gasteiger partial charge in [0.25, 0.3) is 0 Å². The fourth-order valence-corrected chi connectivity index (χ4v) is 2.49. The minimum absolute atomic E-state index is 0.269. The summed E-state index contributed by atoms with van der Waals surface area (Å²) in [6, 6.07) is 0.537. The average Bonchev–Trinajstić information content (AvgIpc) is 2.96. The van der Waals surface area contributed by atoms with Gasteiger partial charge < -0.3 is 14.8 Å². The van der Waals surface area contributed by atoms with Crippen molar-refractivity contribution in [2.24, 2.45) is 5.92 Å². The maximum Gasteiger partial charge on any atom is 0.324 e. The Morgan fingerprint density at radius 1 is 1.05 bits per heavy atom. The van der Waals surface area contributed by atoms with Crippen LogP contribution in [0.5, 0.6) is 12.0 Å². The summed E-state index contributed by atoms with van der Waals surface area (Å²) in [6.07, 6.45) is 8.02. The standard InChI is InChI=1S/C13H22N4O2/c1-18-12-15-11(16-13(17-12)19-2)14-9-5-8-10-6-3-4-7-10/h10H,3-9H2,1-2H3,(H,14,15,16,17).